The highest BCUT2D eigenvalue weighted by molar-refractivity contribution is 7.91. The van der Waals surface area contributed by atoms with E-state index >= 15 is 0 Å². The zero-order chi connectivity index (χ0) is 42.7. The number of amides is 1. The Morgan fingerprint density at radius 3 is 2.09 bits per heavy atom. The van der Waals surface area contributed by atoms with Gasteiger partial charge in [0.1, 0.15) is 19.7 Å². The monoisotopic (exact) mass is 900 g/mol. The Kier molecular flexibility index (Phi) is 10.7. The Bertz CT molecular complexity index is 3180. The van der Waals surface area contributed by atoms with Crippen molar-refractivity contribution in [3.05, 3.63) is 105 Å². The van der Waals surface area contributed by atoms with Crippen molar-refractivity contribution in [2.24, 2.45) is 5.10 Å². The Balaban J connectivity index is 1.46. The van der Waals surface area contributed by atoms with Crippen molar-refractivity contribution in [3.63, 3.8) is 0 Å². The molecule has 1 heterocycles. The molecule has 6 rings (SSSR count). The van der Waals surface area contributed by atoms with Crippen LogP contribution in [-0.4, -0.2) is 79.3 Å². The summed E-state index contributed by atoms with van der Waals surface area (Å²) in [6, 6.07) is 10.8. The van der Waals surface area contributed by atoms with E-state index in [1.54, 1.807) is 0 Å². The lowest BCUT2D eigenvalue weighted by Gasteiger charge is -2.21. The van der Waals surface area contributed by atoms with Gasteiger partial charge in [0.05, 0.1) is 21.8 Å². The van der Waals surface area contributed by atoms with Crippen LogP contribution in [0.3, 0.4) is 0 Å². The molecule has 27 heteroatoms. The van der Waals surface area contributed by atoms with Crippen LogP contribution in [0.15, 0.2) is 91.4 Å². The van der Waals surface area contributed by atoms with E-state index in [4.69, 9.17) is 11.6 Å². The Labute approximate surface area is 329 Å². The fraction of sp³-hybridized carbons (Fsp3) is 0. The van der Waals surface area contributed by atoms with Gasteiger partial charge in [-0.3, -0.25) is 33.2 Å². The standard InChI is InChI=1S/C31H19ClF2N6O14S4/c32-24-28(33)37-31(34)38-29(24)35-15-4-1-3-13(9-15)30(42)36-20-12-16(55(43,44)45)10-14-11-22(57(49,50)51)25(26(41)23(14)20)40-39-19-8-7-17-18(27(19)58(52,53)54)5-2-6-21(17)56(46,47)48/h1-12,39H,(H,36,42)(H,35,37,38)(H,43,44,45)(H,46,47,48)(H,49,50,51)(H,52,53,54)/b40-25-. The summed E-state index contributed by atoms with van der Waals surface area (Å²) in [5, 5.41) is 6.73. The van der Waals surface area contributed by atoms with E-state index < -0.39 is 134 Å². The SMILES string of the molecule is O=C(Nc1cc(S(=O)(=O)O)cc2c1C(=O)/C(=N\Nc1ccc3c(S(=O)(=O)O)cccc3c1S(=O)(=O)O)C(S(=O)(=O)O)=C2)c1cccc(Nc2nc(F)nc(F)c2Cl)c1. The molecule has 0 unspecified atom stereocenters. The van der Waals surface area contributed by atoms with Gasteiger partial charge in [0, 0.05) is 22.0 Å². The fourth-order valence-corrected chi connectivity index (χ4v) is 8.44. The number of halogens is 3. The minimum absolute atomic E-state index is 0.0368. The number of rotatable bonds is 10. The number of hydrazone groups is 1. The summed E-state index contributed by atoms with van der Waals surface area (Å²) in [6.07, 6.45) is -0.964. The van der Waals surface area contributed by atoms with Crippen molar-refractivity contribution in [1.29, 1.82) is 0 Å². The number of Topliss-reactive ketones (excluding diaryl/α,β-unsaturated/α-hetero) is 1. The number of fused-ring (bicyclic) bond motifs is 2. The van der Waals surface area contributed by atoms with Gasteiger partial charge in [-0.25, -0.2) is 0 Å². The second-order valence-corrected chi connectivity index (χ2v) is 17.6. The normalized spacial score (nSPS) is 14.2. The summed E-state index contributed by atoms with van der Waals surface area (Å²) in [7, 11) is -20.9. The molecule has 1 aliphatic carbocycles. The van der Waals surface area contributed by atoms with Gasteiger partial charge in [0.15, 0.2) is 11.5 Å². The van der Waals surface area contributed by atoms with Crippen LogP contribution in [-0.2, 0) is 40.5 Å². The van der Waals surface area contributed by atoms with Gasteiger partial charge in [-0.05, 0) is 54.1 Å². The third-order valence-electron chi connectivity index (χ3n) is 7.90. The number of anilines is 4. The van der Waals surface area contributed by atoms with E-state index in [9.17, 15) is 70.3 Å². The number of carbonyl (C=O) groups is 2. The molecule has 0 atom stereocenters. The number of nitrogens with zero attached hydrogens (tertiary/aromatic N) is 3. The molecule has 1 aromatic heterocycles. The molecule has 5 aromatic rings. The molecule has 0 radical (unpaired) electrons. The molecule has 1 aliphatic rings. The van der Waals surface area contributed by atoms with Crippen molar-refractivity contribution in [3.8, 4) is 0 Å². The number of allylic oxidation sites excluding steroid dienone is 1. The fourth-order valence-electron chi connectivity index (χ4n) is 5.55. The van der Waals surface area contributed by atoms with Gasteiger partial charge < -0.3 is 10.6 Å². The highest BCUT2D eigenvalue weighted by Gasteiger charge is 2.36. The first-order chi connectivity index (χ1) is 26.8. The maximum absolute atomic E-state index is 14.1. The van der Waals surface area contributed by atoms with Crippen LogP contribution in [0.25, 0.3) is 16.8 Å². The molecule has 7 N–H and O–H groups in total. The molecule has 0 fully saturated rings. The average molecular weight is 901 g/mol. The molecule has 1 amide bonds. The Morgan fingerprint density at radius 1 is 0.759 bits per heavy atom. The van der Waals surface area contributed by atoms with E-state index in [0.717, 1.165) is 36.4 Å². The van der Waals surface area contributed by atoms with Crippen LogP contribution in [0.2, 0.25) is 5.02 Å². The highest BCUT2D eigenvalue weighted by Crippen LogP contribution is 2.36. The Hall–Kier alpha value is -5.84. The number of hydrogen-bond acceptors (Lipinski definition) is 15. The van der Waals surface area contributed by atoms with Gasteiger partial charge in [0.25, 0.3) is 46.4 Å². The summed E-state index contributed by atoms with van der Waals surface area (Å²) >= 11 is 5.79. The van der Waals surface area contributed by atoms with Crippen LogP contribution >= 0.6 is 11.6 Å². The molecule has 0 saturated heterocycles. The molecule has 20 nitrogen and oxygen atoms in total. The number of ketones is 1. The van der Waals surface area contributed by atoms with Crippen molar-refractivity contribution in [2.45, 2.75) is 14.7 Å². The van der Waals surface area contributed by atoms with Crippen molar-refractivity contribution in [2.75, 3.05) is 16.1 Å². The van der Waals surface area contributed by atoms with Crippen LogP contribution in [0, 0.1) is 12.0 Å². The number of aromatic nitrogens is 2. The van der Waals surface area contributed by atoms with Crippen molar-refractivity contribution < 1.29 is 70.3 Å². The molecule has 4 aromatic carbocycles. The molecule has 0 saturated carbocycles. The van der Waals surface area contributed by atoms with E-state index in [1.807, 2.05) is 0 Å². The lowest BCUT2D eigenvalue weighted by molar-refractivity contribution is 0.102. The number of carbonyl (C=O) groups excluding carboxylic acids is 2. The predicted octanol–water partition coefficient (Wildman–Crippen LogP) is 4.19. The Morgan fingerprint density at radius 2 is 1.45 bits per heavy atom. The largest absolute Gasteiger partial charge is 0.339 e. The summed E-state index contributed by atoms with van der Waals surface area (Å²) < 4.78 is 166. The predicted molar refractivity (Wildman–Crippen MR) is 199 cm³/mol. The summed E-state index contributed by atoms with van der Waals surface area (Å²) in [5.41, 5.74) is -2.20. The third-order valence-corrected chi connectivity index (χ3v) is 11.8. The summed E-state index contributed by atoms with van der Waals surface area (Å²) in [4.78, 5) is 29.6. The second-order valence-electron chi connectivity index (χ2n) is 11.6. The number of hydrogen-bond donors (Lipinski definition) is 7. The molecule has 0 aliphatic heterocycles. The molecule has 0 bridgehead atoms. The van der Waals surface area contributed by atoms with E-state index in [1.165, 1.54) is 18.2 Å². The summed E-state index contributed by atoms with van der Waals surface area (Å²) in [5.74, 6) is -4.54. The number of benzene rings is 4. The first-order valence-electron chi connectivity index (χ1n) is 15.2. The molecule has 58 heavy (non-hydrogen) atoms. The summed E-state index contributed by atoms with van der Waals surface area (Å²) in [6.45, 7) is 0. The topological polar surface area (TPSA) is 326 Å². The molecular weight excluding hydrogens is 882 g/mol. The van der Waals surface area contributed by atoms with Crippen LogP contribution in [0.5, 0.6) is 0 Å². The maximum Gasteiger partial charge on any atom is 0.313 e. The second kappa shape index (κ2) is 14.8. The van der Waals surface area contributed by atoms with Crippen LogP contribution < -0.4 is 16.1 Å². The van der Waals surface area contributed by atoms with Gasteiger partial charge in [-0.2, -0.15) is 57.5 Å². The van der Waals surface area contributed by atoms with Crippen molar-refractivity contribution in [1.82, 2.24) is 9.97 Å². The van der Waals surface area contributed by atoms with Crippen LogP contribution in [0.4, 0.5) is 31.7 Å². The van der Waals surface area contributed by atoms with Gasteiger partial charge >= 0.3 is 6.08 Å². The third kappa shape index (κ3) is 8.40. The molecular formula is C31H19ClF2N6O14S4. The zero-order valence-corrected chi connectivity index (χ0v) is 31.9. The zero-order valence-electron chi connectivity index (χ0n) is 27.9. The van der Waals surface area contributed by atoms with E-state index in [-0.39, 0.29) is 11.3 Å². The lowest BCUT2D eigenvalue weighted by Crippen LogP contribution is -2.29. The highest BCUT2D eigenvalue weighted by atomic mass is 35.5. The maximum atomic E-state index is 14.1. The molecule has 302 valence electrons. The quantitative estimate of drug-likeness (QED) is 0.0447. The smallest absolute Gasteiger partial charge is 0.313 e. The van der Waals surface area contributed by atoms with Gasteiger partial charge in [-0.15, -0.1) is 0 Å². The molecule has 0 spiro atoms. The minimum atomic E-state index is -5.48. The average Bonchev–Trinajstić information content (AvgIpc) is 3.10. The van der Waals surface area contributed by atoms with E-state index in [2.05, 4.69) is 31.1 Å². The first-order valence-corrected chi connectivity index (χ1v) is 21.3. The lowest BCUT2D eigenvalue weighted by atomic mass is 9.92. The van der Waals surface area contributed by atoms with Gasteiger partial charge in [0.2, 0.25) is 11.7 Å². The van der Waals surface area contributed by atoms with E-state index in [0.29, 0.717) is 18.2 Å². The van der Waals surface area contributed by atoms with Gasteiger partial charge in [-0.1, -0.05) is 35.9 Å². The minimum Gasteiger partial charge on any atom is -0.339 e. The van der Waals surface area contributed by atoms with Crippen molar-refractivity contribution >= 4 is 109 Å². The van der Waals surface area contributed by atoms with Crippen LogP contribution in [0.1, 0.15) is 26.3 Å². The first kappa shape index (κ1) is 41.8. The number of nitrogens with one attached hydrogen (secondary N) is 3.